The zero-order valence-electron chi connectivity index (χ0n) is 26.9. The molecule has 0 atom stereocenters. The molecule has 0 bridgehead atoms. The first kappa shape index (κ1) is 31.7. The van der Waals surface area contributed by atoms with Gasteiger partial charge in [-0.1, -0.05) is 30.4 Å². The van der Waals surface area contributed by atoms with Crippen molar-refractivity contribution >= 4 is 34.0 Å². The average Bonchev–Trinajstić information content (AvgIpc) is 3.82. The molecular formula is C39H28N4O7S. The number of benzene rings is 1. The number of aromatic nitrogens is 3. The Morgan fingerprint density at radius 2 is 1.43 bits per heavy atom. The van der Waals surface area contributed by atoms with E-state index in [0.717, 1.165) is 34.1 Å². The number of ether oxygens (including phenoxy) is 2. The lowest BCUT2D eigenvalue weighted by Gasteiger charge is -2.29. The molecular weight excluding hydrogens is 669 g/mol. The highest BCUT2D eigenvalue weighted by atomic mass is 32.1. The third-order valence-electron chi connectivity index (χ3n) is 8.36. The Kier molecular flexibility index (Phi) is 8.34. The van der Waals surface area contributed by atoms with Crippen LogP contribution in [0.15, 0.2) is 120 Å². The van der Waals surface area contributed by atoms with Gasteiger partial charge in [-0.25, -0.2) is 14.6 Å². The molecule has 1 aromatic carbocycles. The number of allylic oxidation sites excluding steroid dienone is 4. The van der Waals surface area contributed by atoms with E-state index in [0.29, 0.717) is 47.5 Å². The van der Waals surface area contributed by atoms with Gasteiger partial charge in [-0.2, -0.15) is 0 Å². The summed E-state index contributed by atoms with van der Waals surface area (Å²) in [5.41, 5.74) is 3.90. The summed E-state index contributed by atoms with van der Waals surface area (Å²) in [6.45, 7) is 0.843. The van der Waals surface area contributed by atoms with Gasteiger partial charge < -0.3 is 29.0 Å². The minimum absolute atomic E-state index is 0.00455. The number of rotatable bonds is 9. The zero-order chi connectivity index (χ0) is 34.9. The zero-order valence-corrected chi connectivity index (χ0v) is 27.7. The van der Waals surface area contributed by atoms with Gasteiger partial charge in [-0.3, -0.25) is 9.97 Å². The first-order valence-electron chi connectivity index (χ1n) is 16.1. The van der Waals surface area contributed by atoms with Gasteiger partial charge in [-0.15, -0.1) is 11.3 Å². The topological polar surface area (TPSA) is 148 Å². The Labute approximate surface area is 295 Å². The fraction of sp³-hybridized carbons (Fsp3) is 0.103. The number of anilines is 2. The number of carboxylic acid groups (broad SMARTS) is 2. The van der Waals surface area contributed by atoms with E-state index in [9.17, 15) is 19.8 Å². The van der Waals surface area contributed by atoms with Crippen LogP contribution in [0.5, 0.6) is 11.5 Å². The second kappa shape index (κ2) is 13.4. The summed E-state index contributed by atoms with van der Waals surface area (Å²) in [7, 11) is 0. The Hall–Kier alpha value is -6.53. The van der Waals surface area contributed by atoms with Crippen LogP contribution in [0.4, 0.5) is 10.7 Å². The van der Waals surface area contributed by atoms with Crippen LogP contribution in [-0.4, -0.2) is 50.3 Å². The van der Waals surface area contributed by atoms with Crippen LogP contribution >= 0.6 is 11.3 Å². The molecule has 0 fully saturated rings. The standard InChI is InChI=1S/C39H28N4O7S/c44-38(45)24-14-16-41-29(20-24)31-22-25(39(46)47)21-30(42-31)28-19-23(13-15-40-28)32-11-12-33(50-32)36-34-35(49-18-17-48-34)37(51-36)43(26-7-3-1-4-8-26)27-9-5-2-6-10-27/h1-5,7-9,11-16,19-22H,6,10,17-18H2,(H,44,45)(H,46,47). The highest BCUT2D eigenvalue weighted by Crippen LogP contribution is 2.56. The van der Waals surface area contributed by atoms with E-state index >= 15 is 0 Å². The number of fused-ring (bicyclic) bond motifs is 1. The number of hydrogen-bond donors (Lipinski definition) is 2. The van der Waals surface area contributed by atoms with Gasteiger partial charge in [0.1, 0.15) is 34.6 Å². The van der Waals surface area contributed by atoms with Crippen LogP contribution in [0, 0.1) is 0 Å². The number of furan rings is 1. The van der Waals surface area contributed by atoms with E-state index in [1.54, 1.807) is 18.3 Å². The average molecular weight is 697 g/mol. The molecule has 0 radical (unpaired) electrons. The van der Waals surface area contributed by atoms with Gasteiger partial charge in [0.15, 0.2) is 11.5 Å². The molecule has 0 amide bonds. The molecule has 0 saturated carbocycles. The Bertz CT molecular complexity index is 2360. The summed E-state index contributed by atoms with van der Waals surface area (Å²) < 4.78 is 18.9. The third kappa shape index (κ3) is 6.24. The highest BCUT2D eigenvalue weighted by molar-refractivity contribution is 7.20. The number of hydrogen-bond acceptors (Lipinski definition) is 10. The van der Waals surface area contributed by atoms with Crippen molar-refractivity contribution in [2.45, 2.75) is 12.8 Å². The lowest BCUT2D eigenvalue weighted by atomic mass is 10.1. The molecule has 0 unspecified atom stereocenters. The minimum Gasteiger partial charge on any atom is -0.484 e. The number of thiophene rings is 1. The molecule has 6 aromatic rings. The summed E-state index contributed by atoms with van der Waals surface area (Å²) in [6, 6.07) is 23.0. The summed E-state index contributed by atoms with van der Waals surface area (Å²) in [5.74, 6) is 0.157. The van der Waals surface area contributed by atoms with Gasteiger partial charge in [0.25, 0.3) is 0 Å². The normalized spacial score (nSPS) is 13.5. The molecule has 0 saturated heterocycles. The van der Waals surface area contributed by atoms with E-state index in [-0.39, 0.29) is 28.2 Å². The predicted molar refractivity (Wildman–Crippen MR) is 192 cm³/mol. The number of carboxylic acids is 2. The molecule has 11 nitrogen and oxygen atoms in total. The van der Waals surface area contributed by atoms with Crippen molar-refractivity contribution in [2.24, 2.45) is 0 Å². The van der Waals surface area contributed by atoms with Crippen molar-refractivity contribution in [2.75, 3.05) is 18.1 Å². The quantitative estimate of drug-likeness (QED) is 0.149. The van der Waals surface area contributed by atoms with Gasteiger partial charge in [0.2, 0.25) is 0 Å². The maximum atomic E-state index is 12.1. The maximum Gasteiger partial charge on any atom is 0.335 e. The number of carbonyl (C=O) groups is 2. The largest absolute Gasteiger partial charge is 0.484 e. The lowest BCUT2D eigenvalue weighted by molar-refractivity contribution is 0.0686. The van der Waals surface area contributed by atoms with Crippen LogP contribution in [-0.2, 0) is 0 Å². The minimum atomic E-state index is -1.17. The predicted octanol–water partition coefficient (Wildman–Crippen LogP) is 8.73. The van der Waals surface area contributed by atoms with E-state index in [1.807, 2.05) is 30.3 Å². The molecule has 1 aliphatic carbocycles. The Morgan fingerprint density at radius 3 is 2.16 bits per heavy atom. The van der Waals surface area contributed by atoms with Crippen molar-refractivity contribution in [3.63, 3.8) is 0 Å². The third-order valence-corrected chi connectivity index (χ3v) is 9.51. The molecule has 12 heteroatoms. The summed E-state index contributed by atoms with van der Waals surface area (Å²) in [6.07, 6.45) is 11.1. The van der Waals surface area contributed by atoms with E-state index in [1.165, 1.54) is 41.8 Å². The molecule has 51 heavy (non-hydrogen) atoms. The van der Waals surface area contributed by atoms with Crippen molar-refractivity contribution in [1.29, 1.82) is 0 Å². The van der Waals surface area contributed by atoms with Gasteiger partial charge in [-0.05, 0) is 79.6 Å². The SMILES string of the molecule is O=C(O)c1ccnc(-c2cc(C(=O)O)cc(-c3cc(-c4ccc(-c5sc(N(C6=CC=CCC6)c6ccccc6)c6c5OCCO6)o4)ccn3)n2)c1. The molecule has 6 heterocycles. The molecule has 1 aliphatic heterocycles. The first-order chi connectivity index (χ1) is 24.9. The van der Waals surface area contributed by atoms with E-state index in [4.69, 9.17) is 13.9 Å². The second-order valence-corrected chi connectivity index (χ2v) is 12.6. The molecule has 2 N–H and O–H groups in total. The molecule has 8 rings (SSSR count). The molecule has 5 aromatic heterocycles. The van der Waals surface area contributed by atoms with Gasteiger partial charge in [0.05, 0.1) is 33.9 Å². The summed E-state index contributed by atoms with van der Waals surface area (Å²) >= 11 is 1.54. The van der Waals surface area contributed by atoms with E-state index < -0.39 is 11.9 Å². The Balaban J connectivity index is 1.17. The van der Waals surface area contributed by atoms with Gasteiger partial charge in [0, 0.05) is 29.3 Å². The monoisotopic (exact) mass is 696 g/mol. The summed E-state index contributed by atoms with van der Waals surface area (Å²) in [5, 5.41) is 20.2. The maximum absolute atomic E-state index is 12.1. The number of aromatic carboxylic acids is 2. The first-order valence-corrected chi connectivity index (χ1v) is 16.9. The molecule has 252 valence electrons. The van der Waals surface area contributed by atoms with Crippen LogP contribution in [0.25, 0.3) is 44.7 Å². The fourth-order valence-corrected chi connectivity index (χ4v) is 7.18. The number of nitrogens with zero attached hydrogens (tertiary/aromatic N) is 4. The summed E-state index contributed by atoms with van der Waals surface area (Å²) in [4.78, 5) is 40.0. The van der Waals surface area contributed by atoms with Gasteiger partial charge >= 0.3 is 11.9 Å². The van der Waals surface area contributed by atoms with Crippen LogP contribution in [0.1, 0.15) is 33.6 Å². The van der Waals surface area contributed by atoms with Crippen LogP contribution in [0.2, 0.25) is 0 Å². The van der Waals surface area contributed by atoms with Crippen molar-refractivity contribution in [1.82, 2.24) is 15.0 Å². The van der Waals surface area contributed by atoms with Crippen molar-refractivity contribution in [3.05, 3.63) is 126 Å². The number of para-hydroxylation sites is 1. The van der Waals surface area contributed by atoms with Crippen molar-refractivity contribution < 1.29 is 33.7 Å². The second-order valence-electron chi connectivity index (χ2n) is 11.6. The van der Waals surface area contributed by atoms with E-state index in [2.05, 4.69) is 50.2 Å². The van der Waals surface area contributed by atoms with Crippen LogP contribution in [0.3, 0.4) is 0 Å². The highest BCUT2D eigenvalue weighted by Gasteiger charge is 2.32. The van der Waals surface area contributed by atoms with Crippen LogP contribution < -0.4 is 14.4 Å². The molecule has 2 aliphatic rings. The van der Waals surface area contributed by atoms with Crippen molar-refractivity contribution in [3.8, 4) is 56.2 Å². The molecule has 0 spiro atoms. The number of pyridine rings is 3. The lowest BCUT2D eigenvalue weighted by Crippen LogP contribution is -2.19. The fourth-order valence-electron chi connectivity index (χ4n) is 5.97. The Morgan fingerprint density at radius 1 is 0.745 bits per heavy atom. The smallest absolute Gasteiger partial charge is 0.335 e.